The van der Waals surface area contributed by atoms with E-state index in [-0.39, 0.29) is 0 Å². The Labute approximate surface area is 98.9 Å². The Kier molecular flexibility index (Phi) is 2.74. The third-order valence-corrected chi connectivity index (χ3v) is 2.85. The summed E-state index contributed by atoms with van der Waals surface area (Å²) in [6.45, 7) is 0. The number of carbonyl (C=O) groups is 2. The molecule has 5 nitrogen and oxygen atoms in total. The number of halogens is 1. The van der Waals surface area contributed by atoms with Gasteiger partial charge in [-0.3, -0.25) is 9.89 Å². The highest BCUT2D eigenvalue weighted by atomic mass is 79.9. The van der Waals surface area contributed by atoms with Crippen molar-refractivity contribution in [2.45, 2.75) is 0 Å². The maximum absolute atomic E-state index is 11.4. The van der Waals surface area contributed by atoms with Crippen molar-refractivity contribution in [3.63, 3.8) is 0 Å². The van der Waals surface area contributed by atoms with Gasteiger partial charge in [0, 0.05) is 9.86 Å². The van der Waals surface area contributed by atoms with Crippen LogP contribution in [0.5, 0.6) is 0 Å². The summed E-state index contributed by atoms with van der Waals surface area (Å²) < 4.78 is 5.19. The van der Waals surface area contributed by atoms with Crippen LogP contribution in [0.1, 0.15) is 20.8 Å². The first-order valence-corrected chi connectivity index (χ1v) is 5.17. The molecule has 0 atom stereocenters. The Morgan fingerprint density at radius 3 is 2.94 bits per heavy atom. The van der Waals surface area contributed by atoms with E-state index in [2.05, 4.69) is 30.9 Å². The second-order valence-electron chi connectivity index (χ2n) is 3.10. The summed E-state index contributed by atoms with van der Waals surface area (Å²) in [5.74, 6) is -0.454. The van der Waals surface area contributed by atoms with Crippen LogP contribution in [0, 0.1) is 0 Å². The number of nitrogens with zero attached hydrogens (tertiary/aromatic N) is 1. The Morgan fingerprint density at radius 2 is 2.31 bits per heavy atom. The van der Waals surface area contributed by atoms with E-state index in [0.29, 0.717) is 32.9 Å². The van der Waals surface area contributed by atoms with Crippen LogP contribution in [0.25, 0.3) is 10.9 Å². The van der Waals surface area contributed by atoms with E-state index in [0.717, 1.165) is 0 Å². The summed E-state index contributed by atoms with van der Waals surface area (Å²) in [6, 6.07) is 3.23. The number of aromatic nitrogens is 2. The number of methoxy groups -OCH3 is 1. The van der Waals surface area contributed by atoms with Gasteiger partial charge < -0.3 is 4.74 Å². The first kappa shape index (κ1) is 10.8. The second kappa shape index (κ2) is 4.05. The van der Waals surface area contributed by atoms with Gasteiger partial charge in [0.2, 0.25) is 0 Å². The van der Waals surface area contributed by atoms with Gasteiger partial charge in [-0.05, 0) is 28.1 Å². The van der Waals surface area contributed by atoms with Crippen LogP contribution >= 0.6 is 15.9 Å². The molecule has 0 spiro atoms. The SMILES string of the molecule is COC(=O)c1cc2n[nH]c(C=O)c2cc1Br. The van der Waals surface area contributed by atoms with Crippen molar-refractivity contribution in [1.29, 1.82) is 0 Å². The lowest BCUT2D eigenvalue weighted by molar-refractivity contribution is 0.0600. The molecule has 0 amide bonds. The van der Waals surface area contributed by atoms with Gasteiger partial charge in [0.05, 0.1) is 18.2 Å². The number of rotatable bonds is 2. The smallest absolute Gasteiger partial charge is 0.339 e. The number of benzene rings is 1. The van der Waals surface area contributed by atoms with Crippen LogP contribution in [-0.4, -0.2) is 29.6 Å². The summed E-state index contributed by atoms with van der Waals surface area (Å²) in [5.41, 5.74) is 1.30. The molecule has 1 aromatic heterocycles. The van der Waals surface area contributed by atoms with Gasteiger partial charge in [-0.2, -0.15) is 5.10 Å². The third kappa shape index (κ3) is 1.61. The predicted octanol–water partition coefficient (Wildman–Crippen LogP) is 1.92. The molecule has 1 heterocycles. The minimum absolute atomic E-state index is 0.374. The molecule has 1 N–H and O–H groups in total. The number of hydrogen-bond acceptors (Lipinski definition) is 4. The summed E-state index contributed by atoms with van der Waals surface area (Å²) in [5, 5.41) is 7.17. The predicted molar refractivity (Wildman–Crippen MR) is 60.5 cm³/mol. The Bertz CT molecular complexity index is 577. The number of nitrogens with one attached hydrogen (secondary N) is 1. The van der Waals surface area contributed by atoms with E-state index in [9.17, 15) is 9.59 Å². The summed E-state index contributed by atoms with van der Waals surface area (Å²) in [4.78, 5) is 22.1. The fourth-order valence-corrected chi connectivity index (χ4v) is 1.91. The van der Waals surface area contributed by atoms with E-state index < -0.39 is 5.97 Å². The topological polar surface area (TPSA) is 72.0 Å². The molecule has 0 radical (unpaired) electrons. The van der Waals surface area contributed by atoms with Crippen molar-refractivity contribution in [1.82, 2.24) is 10.2 Å². The molecule has 0 saturated carbocycles. The van der Waals surface area contributed by atoms with E-state index >= 15 is 0 Å². The number of aldehydes is 1. The second-order valence-corrected chi connectivity index (χ2v) is 3.95. The molecule has 0 aliphatic heterocycles. The van der Waals surface area contributed by atoms with E-state index in [4.69, 9.17) is 0 Å². The van der Waals surface area contributed by atoms with Gasteiger partial charge in [-0.15, -0.1) is 0 Å². The van der Waals surface area contributed by atoms with Gasteiger partial charge in [0.15, 0.2) is 6.29 Å². The number of carbonyl (C=O) groups excluding carboxylic acids is 2. The number of aromatic amines is 1. The van der Waals surface area contributed by atoms with Crippen LogP contribution in [0.15, 0.2) is 16.6 Å². The summed E-state index contributed by atoms with van der Waals surface area (Å²) >= 11 is 3.25. The lowest BCUT2D eigenvalue weighted by atomic mass is 10.1. The number of fused-ring (bicyclic) bond motifs is 1. The first-order valence-electron chi connectivity index (χ1n) is 4.38. The van der Waals surface area contributed by atoms with E-state index in [1.807, 2.05) is 0 Å². The average Bonchev–Trinajstić information content (AvgIpc) is 2.69. The van der Waals surface area contributed by atoms with E-state index in [1.54, 1.807) is 12.1 Å². The largest absolute Gasteiger partial charge is 0.465 e. The fraction of sp³-hybridized carbons (Fsp3) is 0.100. The zero-order valence-electron chi connectivity index (χ0n) is 8.28. The molecule has 1 aromatic carbocycles. The van der Waals surface area contributed by atoms with Gasteiger partial charge in [-0.25, -0.2) is 4.79 Å². The van der Waals surface area contributed by atoms with Gasteiger partial charge in [0.1, 0.15) is 5.69 Å². The average molecular weight is 283 g/mol. The summed E-state index contributed by atoms with van der Waals surface area (Å²) in [6.07, 6.45) is 0.680. The highest BCUT2D eigenvalue weighted by Gasteiger charge is 2.14. The van der Waals surface area contributed by atoms with E-state index in [1.165, 1.54) is 7.11 Å². The molecular formula is C10H7BrN2O3. The number of esters is 1. The minimum Gasteiger partial charge on any atom is -0.465 e. The number of ether oxygens (including phenoxy) is 1. The summed E-state index contributed by atoms with van der Waals surface area (Å²) in [7, 11) is 1.31. The lowest BCUT2D eigenvalue weighted by Gasteiger charge is -2.01. The number of H-pyrrole nitrogens is 1. The molecule has 6 heteroatoms. The van der Waals surface area contributed by atoms with Crippen LogP contribution < -0.4 is 0 Å². The highest BCUT2D eigenvalue weighted by Crippen LogP contribution is 2.25. The lowest BCUT2D eigenvalue weighted by Crippen LogP contribution is -2.02. The molecule has 0 bridgehead atoms. The molecular weight excluding hydrogens is 276 g/mol. The van der Waals surface area contributed by atoms with Crippen LogP contribution in [-0.2, 0) is 4.74 Å². The van der Waals surface area contributed by atoms with Crippen molar-refractivity contribution in [3.05, 3.63) is 27.9 Å². The van der Waals surface area contributed by atoms with Crippen LogP contribution in [0.2, 0.25) is 0 Å². The van der Waals surface area contributed by atoms with Crippen LogP contribution in [0.3, 0.4) is 0 Å². The highest BCUT2D eigenvalue weighted by molar-refractivity contribution is 9.10. The van der Waals surface area contributed by atoms with Gasteiger partial charge in [0.25, 0.3) is 0 Å². The van der Waals surface area contributed by atoms with Crippen molar-refractivity contribution in [3.8, 4) is 0 Å². The van der Waals surface area contributed by atoms with Crippen molar-refractivity contribution in [2.75, 3.05) is 7.11 Å². The molecule has 0 aliphatic carbocycles. The van der Waals surface area contributed by atoms with Gasteiger partial charge in [-0.1, -0.05) is 0 Å². The van der Waals surface area contributed by atoms with Crippen molar-refractivity contribution in [2.24, 2.45) is 0 Å². The Balaban J connectivity index is 2.68. The number of hydrogen-bond donors (Lipinski definition) is 1. The Morgan fingerprint density at radius 1 is 1.56 bits per heavy atom. The third-order valence-electron chi connectivity index (χ3n) is 2.20. The van der Waals surface area contributed by atoms with Crippen LogP contribution in [0.4, 0.5) is 0 Å². The molecule has 82 valence electrons. The fourth-order valence-electron chi connectivity index (χ4n) is 1.41. The standard InChI is InChI=1S/C10H7BrN2O3/c1-16-10(15)5-3-8-6(2-7(5)11)9(4-14)13-12-8/h2-4H,1H3,(H,12,13). The normalized spacial score (nSPS) is 10.4. The first-order chi connectivity index (χ1) is 7.67. The molecule has 0 saturated heterocycles. The molecule has 0 unspecified atom stereocenters. The quantitative estimate of drug-likeness (QED) is 0.675. The monoisotopic (exact) mass is 282 g/mol. The van der Waals surface area contributed by atoms with Crippen molar-refractivity contribution >= 4 is 39.1 Å². The zero-order valence-corrected chi connectivity index (χ0v) is 9.87. The molecule has 0 aliphatic rings. The maximum Gasteiger partial charge on any atom is 0.339 e. The molecule has 16 heavy (non-hydrogen) atoms. The Hall–Kier alpha value is -1.69. The van der Waals surface area contributed by atoms with Gasteiger partial charge >= 0.3 is 5.97 Å². The minimum atomic E-state index is -0.454. The molecule has 0 fully saturated rings. The maximum atomic E-state index is 11.4. The molecule has 2 aromatic rings. The molecule has 2 rings (SSSR count). The van der Waals surface area contributed by atoms with Crippen molar-refractivity contribution < 1.29 is 14.3 Å². The zero-order chi connectivity index (χ0) is 11.7.